The van der Waals surface area contributed by atoms with Gasteiger partial charge in [-0.2, -0.15) is 18.3 Å². The summed E-state index contributed by atoms with van der Waals surface area (Å²) >= 11 is 5.96. The molecule has 0 spiro atoms. The van der Waals surface area contributed by atoms with Crippen molar-refractivity contribution in [3.63, 3.8) is 0 Å². The lowest BCUT2D eigenvalue weighted by molar-refractivity contribution is -0.181. The number of hydrogen-bond acceptors (Lipinski definition) is 6. The number of amides is 1. The summed E-state index contributed by atoms with van der Waals surface area (Å²) in [5, 5.41) is 6.70. The van der Waals surface area contributed by atoms with Gasteiger partial charge in [0.15, 0.2) is 10.8 Å². The van der Waals surface area contributed by atoms with E-state index in [4.69, 9.17) is 16.4 Å². The Bertz CT molecular complexity index is 1720. The first-order valence-corrected chi connectivity index (χ1v) is 15.8. The maximum absolute atomic E-state index is 15.3. The van der Waals surface area contributed by atoms with E-state index in [2.05, 4.69) is 15.4 Å². The van der Waals surface area contributed by atoms with Crippen LogP contribution in [0.15, 0.2) is 36.5 Å². The molecule has 3 heterocycles. The smallest absolute Gasteiger partial charge is 0.349 e. The van der Waals surface area contributed by atoms with Gasteiger partial charge in [-0.05, 0) is 50.8 Å². The predicted molar refractivity (Wildman–Crippen MR) is 147 cm³/mol. The van der Waals surface area contributed by atoms with Gasteiger partial charge < -0.3 is 10.2 Å². The largest absolute Gasteiger partial charge is 0.401 e. The number of nitrogens with one attached hydrogen (secondary N) is 2. The van der Waals surface area contributed by atoms with Crippen molar-refractivity contribution in [2.75, 3.05) is 23.5 Å². The molecule has 2 N–H and O–H groups in total. The fourth-order valence-electron chi connectivity index (χ4n) is 6.55. The molecule has 0 radical (unpaired) electrons. The van der Waals surface area contributed by atoms with Crippen LogP contribution < -0.4 is 10.2 Å². The Kier molecular flexibility index (Phi) is 6.08. The zero-order valence-electron chi connectivity index (χ0n) is 22.9. The Balaban J connectivity index is 1.30. The summed E-state index contributed by atoms with van der Waals surface area (Å²) < 4.78 is 94.9. The molecule has 42 heavy (non-hydrogen) atoms. The highest BCUT2D eigenvalue weighted by Gasteiger charge is 2.82. The fraction of sp³-hybridized carbons (Fsp3) is 0.519. The highest BCUT2D eigenvalue weighted by molar-refractivity contribution is 7.91. The number of aromatic nitrogens is 3. The molecule has 2 fully saturated rings. The van der Waals surface area contributed by atoms with Gasteiger partial charge in [-0.3, -0.25) is 13.8 Å². The van der Waals surface area contributed by atoms with Crippen molar-refractivity contribution < 1.29 is 31.0 Å². The average Bonchev–Trinajstić information content (AvgIpc) is 3.13. The molecular formula is C27H28ClF5N6O2S. The number of alkyl halides is 5. The molecule has 1 unspecified atom stereocenters. The first-order valence-electron chi connectivity index (χ1n) is 13.2. The number of nitrogens with zero attached hydrogens (tertiary/aromatic N) is 4. The van der Waals surface area contributed by atoms with E-state index in [0.717, 1.165) is 17.9 Å². The Morgan fingerprint density at radius 2 is 1.86 bits per heavy atom. The second kappa shape index (κ2) is 8.77. The molecule has 3 aromatic rings. The minimum Gasteiger partial charge on any atom is -0.349 e. The molecule has 6 rings (SSSR count). The molecule has 0 saturated heterocycles. The van der Waals surface area contributed by atoms with E-state index in [1.54, 1.807) is 0 Å². The number of carbonyl (C=O) groups excluding carboxylic acids is 1. The third-order valence-electron chi connectivity index (χ3n) is 9.15. The molecule has 4 atom stereocenters. The Hall–Kier alpha value is -3.00. The molecule has 0 bridgehead atoms. The average molecular weight is 631 g/mol. The number of rotatable bonds is 6. The topological polar surface area (TPSA) is 103 Å². The van der Waals surface area contributed by atoms with Gasteiger partial charge in [-0.15, -0.1) is 0 Å². The van der Waals surface area contributed by atoms with Gasteiger partial charge in [-0.1, -0.05) is 23.7 Å². The van der Waals surface area contributed by atoms with Crippen LogP contribution in [0.1, 0.15) is 50.3 Å². The lowest BCUT2D eigenvalue weighted by Gasteiger charge is -2.43. The molecule has 15 heteroatoms. The van der Waals surface area contributed by atoms with Crippen LogP contribution in [-0.4, -0.2) is 60.9 Å². The quantitative estimate of drug-likeness (QED) is 0.335. The lowest BCUT2D eigenvalue weighted by atomic mass is 9.77. The Labute approximate surface area is 243 Å². The summed E-state index contributed by atoms with van der Waals surface area (Å²) in [7, 11) is -2.96. The van der Waals surface area contributed by atoms with Crippen LogP contribution in [0.2, 0.25) is 5.15 Å². The number of anilines is 2. The van der Waals surface area contributed by atoms with E-state index in [0.29, 0.717) is 18.5 Å². The fourth-order valence-corrected chi connectivity index (χ4v) is 8.14. The minimum absolute atomic E-state index is 0.00751. The molecule has 1 aliphatic heterocycles. The van der Waals surface area contributed by atoms with Crippen molar-refractivity contribution in [3.8, 4) is 0 Å². The SMILES string of the molecule is C[C@@]1(C(F)(F)F)CN(c2ccc([C@H]3C(F)(F)[C@]3(C)C(=O)NC3(CS(C)(=N)=O)CCC3)cc2)c2cnc3cc(Cl)nn3c21. The van der Waals surface area contributed by atoms with Crippen LogP contribution in [-0.2, 0) is 19.9 Å². The van der Waals surface area contributed by atoms with Gasteiger partial charge in [0.25, 0.3) is 5.92 Å². The van der Waals surface area contributed by atoms with Gasteiger partial charge in [0.2, 0.25) is 5.91 Å². The molecule has 2 saturated carbocycles. The summed E-state index contributed by atoms with van der Waals surface area (Å²) in [5.74, 6) is -5.82. The normalized spacial score (nSPS) is 29.1. The van der Waals surface area contributed by atoms with E-state index in [-0.39, 0.29) is 33.5 Å². The molecule has 1 amide bonds. The monoisotopic (exact) mass is 630 g/mol. The highest BCUT2D eigenvalue weighted by Crippen LogP contribution is 2.71. The third kappa shape index (κ3) is 4.11. The van der Waals surface area contributed by atoms with Crippen LogP contribution in [0, 0.1) is 10.2 Å². The number of halogens is 6. The zero-order chi connectivity index (χ0) is 30.7. The van der Waals surface area contributed by atoms with E-state index in [1.165, 1.54) is 54.6 Å². The van der Waals surface area contributed by atoms with E-state index < -0.39 is 56.6 Å². The second-order valence-electron chi connectivity index (χ2n) is 12.2. The van der Waals surface area contributed by atoms with Crippen LogP contribution in [0.4, 0.5) is 33.3 Å². The Morgan fingerprint density at radius 1 is 1.21 bits per heavy atom. The minimum atomic E-state index is -4.66. The second-order valence-corrected chi connectivity index (χ2v) is 14.9. The number of carbonyl (C=O) groups is 1. The van der Waals surface area contributed by atoms with E-state index >= 15 is 8.78 Å². The molecule has 3 aliphatic rings. The van der Waals surface area contributed by atoms with Crippen molar-refractivity contribution in [2.24, 2.45) is 5.41 Å². The molecular weight excluding hydrogens is 603 g/mol. The summed E-state index contributed by atoms with van der Waals surface area (Å²) in [4.78, 5) is 18.8. The van der Waals surface area contributed by atoms with Crippen LogP contribution in [0.3, 0.4) is 0 Å². The highest BCUT2D eigenvalue weighted by atomic mass is 35.5. The third-order valence-corrected chi connectivity index (χ3v) is 10.4. The van der Waals surface area contributed by atoms with Crippen molar-refractivity contribution in [3.05, 3.63) is 52.9 Å². The standard InChI is InChI=1S/C27H28ClF5N6O2S/c1-23(27(31,32)33)13-38(17-12-35-19-11-18(28)37-39(19)21(17)23)16-7-5-15(6-8-16)20-24(2,26(20,29)30)22(40)36-25(9-4-10-25)14-42(3,34)41/h5-8,11-12,20,34H,4,9-10,13-14H2,1-3H3,(H,36,40)/t20-,23-,24+,42?/m1/s1. The van der Waals surface area contributed by atoms with Crippen molar-refractivity contribution in [1.82, 2.24) is 19.9 Å². The van der Waals surface area contributed by atoms with Crippen LogP contribution in [0.25, 0.3) is 5.65 Å². The zero-order valence-corrected chi connectivity index (χ0v) is 24.4. The van der Waals surface area contributed by atoms with Crippen molar-refractivity contribution in [1.29, 1.82) is 4.78 Å². The van der Waals surface area contributed by atoms with Gasteiger partial charge in [0, 0.05) is 34.3 Å². The van der Waals surface area contributed by atoms with E-state index in [1.807, 2.05) is 0 Å². The summed E-state index contributed by atoms with van der Waals surface area (Å²) in [6.45, 7) is 1.74. The maximum Gasteiger partial charge on any atom is 0.401 e. The number of hydrogen-bond donors (Lipinski definition) is 2. The summed E-state index contributed by atoms with van der Waals surface area (Å²) in [6, 6.07) is 7.06. The molecule has 1 aromatic carbocycles. The molecule has 2 aromatic heterocycles. The van der Waals surface area contributed by atoms with Gasteiger partial charge in [0.05, 0.1) is 34.8 Å². The molecule has 2 aliphatic carbocycles. The summed E-state index contributed by atoms with van der Waals surface area (Å²) in [5.41, 5.74) is -4.68. The van der Waals surface area contributed by atoms with E-state index in [9.17, 15) is 22.2 Å². The van der Waals surface area contributed by atoms with Gasteiger partial charge >= 0.3 is 6.18 Å². The first kappa shape index (κ1) is 29.1. The molecule has 8 nitrogen and oxygen atoms in total. The predicted octanol–water partition coefficient (Wildman–Crippen LogP) is 5.81. The van der Waals surface area contributed by atoms with Crippen molar-refractivity contribution in [2.45, 2.75) is 62.1 Å². The lowest BCUT2D eigenvalue weighted by Crippen LogP contribution is -2.59. The van der Waals surface area contributed by atoms with Gasteiger partial charge in [-0.25, -0.2) is 18.3 Å². The van der Waals surface area contributed by atoms with Crippen molar-refractivity contribution >= 4 is 44.3 Å². The summed E-state index contributed by atoms with van der Waals surface area (Å²) in [6.07, 6.45) is -0.429. The number of benzene rings is 1. The van der Waals surface area contributed by atoms with Crippen LogP contribution in [0.5, 0.6) is 0 Å². The first-order chi connectivity index (χ1) is 19.3. The maximum atomic E-state index is 15.3. The van der Waals surface area contributed by atoms with Gasteiger partial charge in [0.1, 0.15) is 10.8 Å². The Morgan fingerprint density at radius 3 is 2.40 bits per heavy atom. The molecule has 226 valence electrons. The van der Waals surface area contributed by atoms with Crippen LogP contribution >= 0.6 is 11.6 Å². The number of fused-ring (bicyclic) bond motifs is 3.